The van der Waals surface area contributed by atoms with Crippen LogP contribution in [0.15, 0.2) is 0 Å². The summed E-state index contributed by atoms with van der Waals surface area (Å²) in [6.45, 7) is 8.92. The van der Waals surface area contributed by atoms with Gasteiger partial charge in [-0.05, 0) is 18.8 Å². The summed E-state index contributed by atoms with van der Waals surface area (Å²) < 4.78 is 10.6. The lowest BCUT2D eigenvalue weighted by molar-refractivity contribution is -0.150. The van der Waals surface area contributed by atoms with Crippen molar-refractivity contribution in [1.29, 1.82) is 0 Å². The lowest BCUT2D eigenvalue weighted by atomic mass is 10.0. The van der Waals surface area contributed by atoms with Gasteiger partial charge in [-0.2, -0.15) is 0 Å². The van der Waals surface area contributed by atoms with E-state index in [2.05, 4.69) is 6.92 Å². The van der Waals surface area contributed by atoms with Crippen LogP contribution in [-0.4, -0.2) is 43.3 Å². The normalized spacial score (nSPS) is 12.1. The Kier molecular flexibility index (Phi) is 16.1. The maximum Gasteiger partial charge on any atom is 0.410 e. The van der Waals surface area contributed by atoms with Crippen molar-refractivity contribution in [2.24, 2.45) is 5.92 Å². The van der Waals surface area contributed by atoms with Crippen LogP contribution in [0, 0.1) is 5.92 Å². The first kappa shape index (κ1) is 25.7. The Hall–Kier alpha value is -1.26. The number of carbonyl (C=O) groups excluding carboxylic acids is 2. The number of unbranched alkanes of at least 4 members (excludes halogenated alkanes) is 9. The molecule has 0 rings (SSSR count). The van der Waals surface area contributed by atoms with Crippen LogP contribution in [0.25, 0.3) is 0 Å². The molecule has 0 radical (unpaired) electrons. The number of rotatable bonds is 16. The van der Waals surface area contributed by atoms with Crippen molar-refractivity contribution in [3.8, 4) is 0 Å². The Morgan fingerprint density at radius 2 is 1.22 bits per heavy atom. The largest absolute Gasteiger partial charge is 0.464 e. The van der Waals surface area contributed by atoms with Crippen LogP contribution in [0.2, 0.25) is 0 Å². The van der Waals surface area contributed by atoms with E-state index < -0.39 is 12.1 Å². The molecule has 0 saturated carbocycles. The van der Waals surface area contributed by atoms with Crippen LogP contribution < -0.4 is 0 Å². The first-order valence-corrected chi connectivity index (χ1v) is 11.0. The monoisotopic (exact) mass is 385 g/mol. The molecule has 0 fully saturated rings. The third kappa shape index (κ3) is 12.7. The van der Waals surface area contributed by atoms with Crippen LogP contribution in [0.1, 0.15) is 98.3 Å². The molecule has 1 amide bonds. The summed E-state index contributed by atoms with van der Waals surface area (Å²) in [5.41, 5.74) is 0. The average molecular weight is 386 g/mol. The highest BCUT2D eigenvalue weighted by atomic mass is 16.6. The maximum absolute atomic E-state index is 12.4. The highest BCUT2D eigenvalue weighted by Crippen LogP contribution is 2.14. The highest BCUT2D eigenvalue weighted by Gasteiger charge is 2.32. The van der Waals surface area contributed by atoms with E-state index in [9.17, 15) is 9.59 Å². The van der Waals surface area contributed by atoms with E-state index in [1.807, 2.05) is 20.8 Å². The van der Waals surface area contributed by atoms with Gasteiger partial charge in [0.2, 0.25) is 0 Å². The molecule has 0 aromatic carbocycles. The van der Waals surface area contributed by atoms with Crippen LogP contribution in [0.5, 0.6) is 0 Å². The van der Waals surface area contributed by atoms with E-state index in [4.69, 9.17) is 9.47 Å². The molecule has 0 saturated heterocycles. The summed E-state index contributed by atoms with van der Waals surface area (Å²) in [5, 5.41) is 0. The molecule has 0 bridgehead atoms. The molecule has 0 heterocycles. The van der Waals surface area contributed by atoms with Crippen molar-refractivity contribution < 1.29 is 19.1 Å². The van der Waals surface area contributed by atoms with Gasteiger partial charge in [0.1, 0.15) is 6.04 Å². The number of carbonyl (C=O) groups is 2. The molecule has 160 valence electrons. The molecule has 1 unspecified atom stereocenters. The highest BCUT2D eigenvalue weighted by molar-refractivity contribution is 5.81. The standard InChI is InChI=1S/C22H43NO4/c1-6-8-10-11-12-13-14-15-16-18-26-21(24)20(19(3)4)23(5)22(25)27-17-9-7-2/h19-20H,6-18H2,1-5H3. The molecule has 0 aromatic heterocycles. The first-order chi connectivity index (χ1) is 13.0. The minimum Gasteiger partial charge on any atom is -0.464 e. The Balaban J connectivity index is 4.03. The quantitative estimate of drug-likeness (QED) is 0.243. The van der Waals surface area contributed by atoms with E-state index in [1.165, 1.54) is 49.8 Å². The molecule has 0 aliphatic rings. The molecule has 0 aliphatic heterocycles. The SMILES string of the molecule is CCCCCCCCCCCOC(=O)C(C(C)C)N(C)C(=O)OCCCC. The van der Waals surface area contributed by atoms with Gasteiger partial charge in [0.15, 0.2) is 0 Å². The second kappa shape index (κ2) is 16.9. The number of nitrogens with zero attached hydrogens (tertiary/aromatic N) is 1. The molecule has 0 aliphatic carbocycles. The average Bonchev–Trinajstić information content (AvgIpc) is 2.63. The smallest absolute Gasteiger partial charge is 0.410 e. The molecular formula is C22H43NO4. The van der Waals surface area contributed by atoms with E-state index in [-0.39, 0.29) is 11.9 Å². The second-order valence-corrected chi connectivity index (χ2v) is 7.76. The number of amides is 1. The van der Waals surface area contributed by atoms with E-state index in [0.29, 0.717) is 13.2 Å². The van der Waals surface area contributed by atoms with Crippen molar-refractivity contribution in [2.45, 2.75) is 104 Å². The van der Waals surface area contributed by atoms with Gasteiger partial charge in [-0.3, -0.25) is 4.90 Å². The molecule has 5 heteroatoms. The molecular weight excluding hydrogens is 342 g/mol. The van der Waals surface area contributed by atoms with Gasteiger partial charge >= 0.3 is 12.1 Å². The number of likely N-dealkylation sites (N-methyl/N-ethyl adjacent to an activating group) is 1. The summed E-state index contributed by atoms with van der Waals surface area (Å²) in [5.74, 6) is -0.358. The van der Waals surface area contributed by atoms with Crippen LogP contribution in [-0.2, 0) is 14.3 Å². The lowest BCUT2D eigenvalue weighted by Crippen LogP contribution is -2.46. The summed E-state index contributed by atoms with van der Waals surface area (Å²) in [6.07, 6.45) is 12.4. The zero-order chi connectivity index (χ0) is 20.5. The predicted molar refractivity (Wildman–Crippen MR) is 111 cm³/mol. The molecule has 0 spiro atoms. The zero-order valence-corrected chi connectivity index (χ0v) is 18.4. The van der Waals surface area contributed by atoms with Gasteiger partial charge in [0, 0.05) is 7.05 Å². The van der Waals surface area contributed by atoms with E-state index in [1.54, 1.807) is 7.05 Å². The van der Waals surface area contributed by atoms with E-state index in [0.717, 1.165) is 25.7 Å². The first-order valence-electron chi connectivity index (χ1n) is 11.0. The minimum atomic E-state index is -0.599. The number of esters is 1. The third-order valence-electron chi connectivity index (χ3n) is 4.79. The topological polar surface area (TPSA) is 55.8 Å². The summed E-state index contributed by atoms with van der Waals surface area (Å²) >= 11 is 0. The minimum absolute atomic E-state index is 0.0238. The molecule has 0 N–H and O–H groups in total. The third-order valence-corrected chi connectivity index (χ3v) is 4.79. The van der Waals surface area contributed by atoms with E-state index >= 15 is 0 Å². The molecule has 5 nitrogen and oxygen atoms in total. The van der Waals surface area contributed by atoms with Gasteiger partial charge in [0.25, 0.3) is 0 Å². The fourth-order valence-corrected chi connectivity index (χ4v) is 3.07. The second-order valence-electron chi connectivity index (χ2n) is 7.76. The Bertz CT molecular complexity index is 385. The van der Waals surface area contributed by atoms with Gasteiger partial charge in [0.05, 0.1) is 13.2 Å². The maximum atomic E-state index is 12.4. The van der Waals surface area contributed by atoms with Gasteiger partial charge in [-0.1, -0.05) is 85.5 Å². The molecule has 0 aromatic rings. The van der Waals surface area contributed by atoms with Crippen LogP contribution in [0.4, 0.5) is 4.79 Å². The summed E-state index contributed by atoms with van der Waals surface area (Å²) in [4.78, 5) is 25.9. The van der Waals surface area contributed by atoms with Crippen LogP contribution in [0.3, 0.4) is 0 Å². The van der Waals surface area contributed by atoms with Crippen molar-refractivity contribution in [2.75, 3.05) is 20.3 Å². The Morgan fingerprint density at radius 1 is 0.741 bits per heavy atom. The van der Waals surface area contributed by atoms with Gasteiger partial charge in [-0.25, -0.2) is 9.59 Å². The Morgan fingerprint density at radius 3 is 1.74 bits per heavy atom. The van der Waals surface area contributed by atoms with Crippen LogP contribution >= 0.6 is 0 Å². The number of ether oxygens (including phenoxy) is 2. The summed E-state index contributed by atoms with van der Waals surface area (Å²) in [7, 11) is 1.61. The summed E-state index contributed by atoms with van der Waals surface area (Å²) in [6, 6.07) is -0.599. The van der Waals surface area contributed by atoms with Crippen molar-refractivity contribution in [3.63, 3.8) is 0 Å². The predicted octanol–water partition coefficient (Wildman–Crippen LogP) is 5.95. The van der Waals surface area contributed by atoms with Crippen molar-refractivity contribution >= 4 is 12.1 Å². The fraction of sp³-hybridized carbons (Fsp3) is 0.909. The Labute approximate surface area is 167 Å². The van der Waals surface area contributed by atoms with Crippen molar-refractivity contribution in [3.05, 3.63) is 0 Å². The molecule has 1 atom stereocenters. The zero-order valence-electron chi connectivity index (χ0n) is 18.4. The lowest BCUT2D eigenvalue weighted by Gasteiger charge is -2.28. The fourth-order valence-electron chi connectivity index (χ4n) is 3.07. The van der Waals surface area contributed by atoms with Gasteiger partial charge in [-0.15, -0.1) is 0 Å². The van der Waals surface area contributed by atoms with Gasteiger partial charge < -0.3 is 9.47 Å². The number of hydrogen-bond acceptors (Lipinski definition) is 4. The molecule has 27 heavy (non-hydrogen) atoms. The number of hydrogen-bond donors (Lipinski definition) is 0. The van der Waals surface area contributed by atoms with Crippen molar-refractivity contribution in [1.82, 2.24) is 4.90 Å².